The zero-order valence-corrected chi connectivity index (χ0v) is 22.7. The van der Waals surface area contributed by atoms with Crippen LogP contribution in [0.3, 0.4) is 0 Å². The second kappa shape index (κ2) is 10.3. The lowest BCUT2D eigenvalue weighted by Gasteiger charge is -2.30. The van der Waals surface area contributed by atoms with E-state index in [2.05, 4.69) is 20.3 Å². The summed E-state index contributed by atoms with van der Waals surface area (Å²) in [4.78, 5) is 35.6. The summed E-state index contributed by atoms with van der Waals surface area (Å²) >= 11 is 0. The molecular weight excluding hydrogens is 507 g/mol. The summed E-state index contributed by atoms with van der Waals surface area (Å²) in [5.41, 5.74) is 0.672. The average molecular weight is 541 g/mol. The molecule has 1 saturated heterocycles. The molecule has 3 aromatic rings. The molecule has 5 rings (SSSR count). The van der Waals surface area contributed by atoms with Crippen LogP contribution in [0, 0.1) is 17.7 Å². The molecule has 3 aromatic heterocycles. The van der Waals surface area contributed by atoms with Crippen molar-refractivity contribution in [2.45, 2.75) is 58.8 Å². The molecule has 0 bridgehead atoms. The zero-order chi connectivity index (χ0) is 27.9. The van der Waals surface area contributed by atoms with Crippen molar-refractivity contribution in [3.8, 4) is 5.88 Å². The van der Waals surface area contributed by atoms with Gasteiger partial charge in [0, 0.05) is 18.3 Å². The average Bonchev–Trinajstić information content (AvgIpc) is 3.33. The van der Waals surface area contributed by atoms with Crippen molar-refractivity contribution in [1.82, 2.24) is 24.9 Å². The normalized spacial score (nSPS) is 20.9. The summed E-state index contributed by atoms with van der Waals surface area (Å²) in [5.74, 6) is 0.709. The second-order valence-corrected chi connectivity index (χ2v) is 10.9. The molecule has 11 nitrogen and oxygen atoms in total. The van der Waals surface area contributed by atoms with Crippen molar-refractivity contribution < 1.29 is 28.2 Å². The number of fused-ring (bicyclic) bond motifs is 2. The van der Waals surface area contributed by atoms with Crippen molar-refractivity contribution in [3.05, 3.63) is 47.7 Å². The van der Waals surface area contributed by atoms with E-state index in [0.29, 0.717) is 34.7 Å². The van der Waals surface area contributed by atoms with Gasteiger partial charge in [-0.2, -0.15) is 5.10 Å². The summed E-state index contributed by atoms with van der Waals surface area (Å²) < 4.78 is 32.6. The molecule has 3 unspecified atom stereocenters. The maximum absolute atomic E-state index is 14.5. The number of piperidine rings is 1. The maximum Gasteiger partial charge on any atom is 0.407 e. The summed E-state index contributed by atoms with van der Waals surface area (Å²) in [5, 5.41) is 6.91. The molecule has 1 aliphatic carbocycles. The van der Waals surface area contributed by atoms with Crippen molar-refractivity contribution in [2.75, 3.05) is 24.6 Å². The molecule has 12 heteroatoms. The Morgan fingerprint density at radius 1 is 1.28 bits per heavy atom. The highest BCUT2D eigenvalue weighted by atomic mass is 19.1. The van der Waals surface area contributed by atoms with Crippen LogP contribution in [-0.4, -0.2) is 63.0 Å². The molecule has 1 N–H and O–H groups in total. The molecular formula is C27H33FN6O5. The van der Waals surface area contributed by atoms with E-state index in [4.69, 9.17) is 19.2 Å². The number of alkyl carbamates (subject to hydrolysis) is 1. The maximum atomic E-state index is 14.5. The smallest absolute Gasteiger partial charge is 0.407 e. The number of carbonyl (C=O) groups excluding carboxylic acids is 2. The number of nitrogens with zero attached hydrogens (tertiary/aromatic N) is 5. The van der Waals surface area contributed by atoms with E-state index in [9.17, 15) is 14.0 Å². The van der Waals surface area contributed by atoms with E-state index in [1.54, 1.807) is 40.8 Å². The van der Waals surface area contributed by atoms with Crippen LogP contribution in [0.15, 0.2) is 30.7 Å². The van der Waals surface area contributed by atoms with Crippen LogP contribution in [0.5, 0.6) is 5.88 Å². The molecule has 4 heterocycles. The monoisotopic (exact) mass is 540 g/mol. The van der Waals surface area contributed by atoms with Gasteiger partial charge in [0.1, 0.15) is 28.9 Å². The van der Waals surface area contributed by atoms with Crippen molar-refractivity contribution in [2.24, 2.45) is 11.8 Å². The molecule has 0 radical (unpaired) electrons. The predicted octanol–water partition coefficient (Wildman–Crippen LogP) is 3.93. The third-order valence-corrected chi connectivity index (χ3v) is 6.70. The van der Waals surface area contributed by atoms with Crippen molar-refractivity contribution in [1.29, 1.82) is 0 Å². The van der Waals surface area contributed by atoms with E-state index in [-0.39, 0.29) is 24.8 Å². The number of aromatic nitrogens is 4. The summed E-state index contributed by atoms with van der Waals surface area (Å²) in [6.07, 6.45) is 4.32. The SMILES string of the molecule is CCOC(=O)c1cnn2ccc(N3CC4CC4C3c3cc(F)cnc3O[C@@H](C)CNC(=O)OC(C)(C)C)nc12. The number of hydrogen-bond donors (Lipinski definition) is 1. The second-order valence-electron chi connectivity index (χ2n) is 10.9. The number of rotatable bonds is 8. The minimum absolute atomic E-state index is 0.184. The van der Waals surface area contributed by atoms with Gasteiger partial charge in [0.2, 0.25) is 5.88 Å². The van der Waals surface area contributed by atoms with Crippen LogP contribution >= 0.6 is 0 Å². The molecule has 39 heavy (non-hydrogen) atoms. The Morgan fingerprint density at radius 3 is 2.82 bits per heavy atom. The predicted molar refractivity (Wildman–Crippen MR) is 139 cm³/mol. The molecule has 208 valence electrons. The summed E-state index contributed by atoms with van der Waals surface area (Å²) in [6.45, 7) is 10.1. The Balaban J connectivity index is 1.39. The van der Waals surface area contributed by atoms with Gasteiger partial charge in [0.15, 0.2) is 5.65 Å². The van der Waals surface area contributed by atoms with Gasteiger partial charge in [0.05, 0.1) is 31.6 Å². The number of ether oxygens (including phenoxy) is 3. The molecule has 1 aliphatic heterocycles. The van der Waals surface area contributed by atoms with Crippen LogP contribution in [-0.2, 0) is 9.47 Å². The quantitative estimate of drug-likeness (QED) is 0.424. The minimum Gasteiger partial charge on any atom is -0.473 e. The first kappa shape index (κ1) is 26.6. The number of hydrogen-bond acceptors (Lipinski definition) is 9. The van der Waals surface area contributed by atoms with E-state index < -0.39 is 29.6 Å². The molecule has 4 atom stereocenters. The first-order chi connectivity index (χ1) is 18.5. The van der Waals surface area contributed by atoms with E-state index in [1.807, 2.05) is 6.07 Å². The fourth-order valence-electron chi connectivity index (χ4n) is 5.00. The molecule has 0 spiro atoms. The van der Waals surface area contributed by atoms with Gasteiger partial charge < -0.3 is 24.4 Å². The standard InChI is InChI=1S/C27H33FN6O5/c1-6-37-25(35)20-13-31-34-8-7-21(32-23(20)34)33-14-16-9-18(16)22(33)19-10-17(28)12-29-24(19)38-15(2)11-30-26(36)39-27(3,4)5/h7-8,10,12-13,15-16,18,22H,6,9,11,14H2,1-5H3,(H,30,36)/t15-,16?,18?,22?/m0/s1. The highest BCUT2D eigenvalue weighted by molar-refractivity contribution is 5.95. The van der Waals surface area contributed by atoms with Gasteiger partial charge >= 0.3 is 12.1 Å². The van der Waals surface area contributed by atoms with Gasteiger partial charge in [-0.05, 0) is 65.0 Å². The largest absolute Gasteiger partial charge is 0.473 e. The number of carbonyl (C=O) groups is 2. The Hall–Kier alpha value is -3.96. The highest BCUT2D eigenvalue weighted by Gasteiger charge is 2.54. The van der Waals surface area contributed by atoms with Crippen LogP contribution < -0.4 is 15.0 Å². The van der Waals surface area contributed by atoms with Crippen molar-refractivity contribution >= 4 is 23.5 Å². The lowest BCUT2D eigenvalue weighted by Crippen LogP contribution is -2.38. The van der Waals surface area contributed by atoms with E-state index in [1.165, 1.54) is 16.8 Å². The highest BCUT2D eigenvalue weighted by Crippen LogP contribution is 2.58. The van der Waals surface area contributed by atoms with Gasteiger partial charge in [-0.1, -0.05) is 0 Å². The third kappa shape index (κ3) is 5.74. The molecule has 1 amide bonds. The zero-order valence-electron chi connectivity index (χ0n) is 22.7. The summed E-state index contributed by atoms with van der Waals surface area (Å²) in [7, 11) is 0. The van der Waals surface area contributed by atoms with Gasteiger partial charge in [-0.3, -0.25) is 0 Å². The Kier molecular flexibility index (Phi) is 7.04. The van der Waals surface area contributed by atoms with Crippen molar-refractivity contribution in [3.63, 3.8) is 0 Å². The topological polar surface area (TPSA) is 120 Å². The Bertz CT molecular complexity index is 1390. The molecule has 0 aromatic carbocycles. The third-order valence-electron chi connectivity index (χ3n) is 6.70. The number of esters is 1. The van der Waals surface area contributed by atoms with E-state index in [0.717, 1.165) is 19.2 Å². The number of halogens is 1. The fraction of sp³-hybridized carbons (Fsp3) is 0.519. The van der Waals surface area contributed by atoms with Gasteiger partial charge in [-0.25, -0.2) is 28.5 Å². The Labute approximate surface area is 225 Å². The van der Waals surface area contributed by atoms with Crippen LogP contribution in [0.1, 0.15) is 63.0 Å². The Morgan fingerprint density at radius 2 is 2.08 bits per heavy atom. The van der Waals surface area contributed by atoms with Gasteiger partial charge in [-0.15, -0.1) is 0 Å². The summed E-state index contributed by atoms with van der Waals surface area (Å²) in [6, 6.07) is 3.06. The van der Waals surface area contributed by atoms with Gasteiger partial charge in [0.25, 0.3) is 0 Å². The van der Waals surface area contributed by atoms with Crippen LogP contribution in [0.4, 0.5) is 15.0 Å². The van der Waals surface area contributed by atoms with E-state index >= 15 is 0 Å². The number of amides is 1. The fourth-order valence-corrected chi connectivity index (χ4v) is 5.00. The first-order valence-electron chi connectivity index (χ1n) is 13.1. The molecule has 1 saturated carbocycles. The minimum atomic E-state index is -0.613. The number of anilines is 1. The van der Waals surface area contributed by atoms with Crippen LogP contribution in [0.25, 0.3) is 5.65 Å². The molecule has 2 aliphatic rings. The van der Waals surface area contributed by atoms with Crippen LogP contribution in [0.2, 0.25) is 0 Å². The lowest BCUT2D eigenvalue weighted by molar-refractivity contribution is 0.0500. The number of nitrogens with one attached hydrogen (secondary N) is 1. The first-order valence-corrected chi connectivity index (χ1v) is 13.1. The number of pyridine rings is 1. The molecule has 2 fully saturated rings. The lowest BCUT2D eigenvalue weighted by atomic mass is 10.0.